The fourth-order valence-corrected chi connectivity index (χ4v) is 1.87. The standard InChI is InChI=1S/C14H20N4O2/c1-14(2,13(15)19)9-17-11(10-5-4-8-20-10)12-16-6-7-18(12)3/h4-8,11,17H,9H2,1-3H3,(H2,15,19). The highest BCUT2D eigenvalue weighted by Gasteiger charge is 2.28. The molecule has 1 amide bonds. The van der Waals surface area contributed by atoms with E-state index in [1.165, 1.54) is 0 Å². The lowest BCUT2D eigenvalue weighted by Crippen LogP contribution is -2.42. The molecule has 0 fully saturated rings. The number of nitrogens with one attached hydrogen (secondary N) is 1. The van der Waals surface area contributed by atoms with Crippen molar-refractivity contribution in [3.63, 3.8) is 0 Å². The zero-order chi connectivity index (χ0) is 14.8. The summed E-state index contributed by atoms with van der Waals surface area (Å²) < 4.78 is 7.38. The minimum absolute atomic E-state index is 0.219. The van der Waals surface area contributed by atoms with E-state index in [-0.39, 0.29) is 11.9 Å². The fraction of sp³-hybridized carbons (Fsp3) is 0.429. The predicted octanol–water partition coefficient (Wildman–Crippen LogP) is 1.20. The minimum Gasteiger partial charge on any atom is -0.467 e. The van der Waals surface area contributed by atoms with Crippen LogP contribution in [0, 0.1) is 5.41 Å². The Hall–Kier alpha value is -2.08. The number of amides is 1. The van der Waals surface area contributed by atoms with Gasteiger partial charge in [0.25, 0.3) is 0 Å². The van der Waals surface area contributed by atoms with Crippen LogP contribution in [0.3, 0.4) is 0 Å². The molecule has 2 aromatic heterocycles. The molecule has 0 bridgehead atoms. The number of hydrogen-bond donors (Lipinski definition) is 2. The van der Waals surface area contributed by atoms with Crippen LogP contribution in [-0.4, -0.2) is 22.0 Å². The van der Waals surface area contributed by atoms with Crippen molar-refractivity contribution in [3.8, 4) is 0 Å². The Bertz CT molecular complexity index is 572. The largest absolute Gasteiger partial charge is 0.467 e. The zero-order valence-corrected chi connectivity index (χ0v) is 12.0. The maximum Gasteiger partial charge on any atom is 0.224 e. The van der Waals surface area contributed by atoms with E-state index in [0.29, 0.717) is 6.54 Å². The number of nitrogens with zero attached hydrogens (tertiary/aromatic N) is 2. The van der Waals surface area contributed by atoms with E-state index in [9.17, 15) is 4.79 Å². The van der Waals surface area contributed by atoms with Crippen molar-refractivity contribution in [1.82, 2.24) is 14.9 Å². The molecule has 20 heavy (non-hydrogen) atoms. The van der Waals surface area contributed by atoms with Crippen LogP contribution in [0.25, 0.3) is 0 Å². The van der Waals surface area contributed by atoms with Gasteiger partial charge in [0.1, 0.15) is 17.6 Å². The van der Waals surface area contributed by atoms with Gasteiger partial charge in [-0.2, -0.15) is 0 Å². The number of carbonyl (C=O) groups is 1. The lowest BCUT2D eigenvalue weighted by atomic mass is 9.92. The molecule has 1 unspecified atom stereocenters. The van der Waals surface area contributed by atoms with E-state index in [1.807, 2.05) is 29.9 Å². The molecule has 0 saturated carbocycles. The zero-order valence-electron chi connectivity index (χ0n) is 12.0. The molecule has 1 atom stereocenters. The Morgan fingerprint density at radius 3 is 2.85 bits per heavy atom. The fourth-order valence-electron chi connectivity index (χ4n) is 1.87. The molecule has 2 rings (SSSR count). The molecule has 0 aromatic carbocycles. The summed E-state index contributed by atoms with van der Waals surface area (Å²) in [5.74, 6) is 1.22. The molecule has 6 nitrogen and oxygen atoms in total. The van der Waals surface area contributed by atoms with Crippen LogP contribution < -0.4 is 11.1 Å². The van der Waals surface area contributed by atoms with Crippen molar-refractivity contribution < 1.29 is 9.21 Å². The van der Waals surface area contributed by atoms with Crippen LogP contribution >= 0.6 is 0 Å². The van der Waals surface area contributed by atoms with Crippen LogP contribution in [0.4, 0.5) is 0 Å². The lowest BCUT2D eigenvalue weighted by Gasteiger charge is -2.24. The average molecular weight is 276 g/mol. The second kappa shape index (κ2) is 5.50. The summed E-state index contributed by atoms with van der Waals surface area (Å²) in [6.07, 6.45) is 5.21. The van der Waals surface area contributed by atoms with Crippen molar-refractivity contribution in [1.29, 1.82) is 0 Å². The van der Waals surface area contributed by atoms with Crippen LogP contribution in [0.15, 0.2) is 35.2 Å². The summed E-state index contributed by atoms with van der Waals surface area (Å²) in [7, 11) is 1.92. The van der Waals surface area contributed by atoms with Gasteiger partial charge in [-0.25, -0.2) is 4.98 Å². The number of imidazole rings is 1. The normalized spacial score (nSPS) is 13.3. The van der Waals surface area contributed by atoms with E-state index in [4.69, 9.17) is 10.2 Å². The first kappa shape index (κ1) is 14.3. The summed E-state index contributed by atoms with van der Waals surface area (Å²) in [5.41, 5.74) is 4.76. The summed E-state index contributed by atoms with van der Waals surface area (Å²) in [6, 6.07) is 3.49. The molecule has 0 aliphatic heterocycles. The molecule has 2 heterocycles. The van der Waals surface area contributed by atoms with Crippen LogP contribution in [0.5, 0.6) is 0 Å². The number of furan rings is 1. The lowest BCUT2D eigenvalue weighted by molar-refractivity contribution is -0.125. The number of aromatic nitrogens is 2. The number of rotatable bonds is 6. The molecule has 0 radical (unpaired) electrons. The summed E-state index contributed by atoms with van der Waals surface area (Å²) in [4.78, 5) is 15.8. The quantitative estimate of drug-likeness (QED) is 0.830. The number of aryl methyl sites for hydroxylation is 1. The molecule has 0 spiro atoms. The molecule has 6 heteroatoms. The third kappa shape index (κ3) is 2.91. The van der Waals surface area contributed by atoms with Gasteiger partial charge in [-0.1, -0.05) is 0 Å². The van der Waals surface area contributed by atoms with Crippen LogP contribution in [-0.2, 0) is 11.8 Å². The Morgan fingerprint density at radius 1 is 1.60 bits per heavy atom. The highest BCUT2D eigenvalue weighted by Crippen LogP contribution is 2.23. The molecule has 108 valence electrons. The van der Waals surface area contributed by atoms with Crippen molar-refractivity contribution in [2.75, 3.05) is 6.54 Å². The highest BCUT2D eigenvalue weighted by atomic mass is 16.3. The summed E-state index contributed by atoms with van der Waals surface area (Å²) in [6.45, 7) is 4.04. The second-order valence-electron chi connectivity index (χ2n) is 5.47. The minimum atomic E-state index is -0.643. The molecular weight excluding hydrogens is 256 g/mol. The van der Waals surface area contributed by atoms with Crippen molar-refractivity contribution in [2.45, 2.75) is 19.9 Å². The van der Waals surface area contributed by atoms with Crippen molar-refractivity contribution >= 4 is 5.91 Å². The third-order valence-electron chi connectivity index (χ3n) is 3.36. The van der Waals surface area contributed by atoms with Gasteiger partial charge in [0.2, 0.25) is 5.91 Å². The Balaban J connectivity index is 2.21. The van der Waals surface area contributed by atoms with Gasteiger partial charge >= 0.3 is 0 Å². The number of hydrogen-bond acceptors (Lipinski definition) is 4. The SMILES string of the molecule is Cn1ccnc1C(NCC(C)(C)C(N)=O)c1ccco1. The monoisotopic (exact) mass is 276 g/mol. The summed E-state index contributed by atoms with van der Waals surface area (Å²) >= 11 is 0. The average Bonchev–Trinajstić information content (AvgIpc) is 3.02. The first-order valence-corrected chi connectivity index (χ1v) is 6.46. The number of primary amides is 1. The highest BCUT2D eigenvalue weighted by molar-refractivity contribution is 5.80. The van der Waals surface area contributed by atoms with E-state index < -0.39 is 5.41 Å². The van der Waals surface area contributed by atoms with E-state index in [2.05, 4.69) is 10.3 Å². The topological polar surface area (TPSA) is 86.1 Å². The number of nitrogens with two attached hydrogens (primary N) is 1. The van der Waals surface area contributed by atoms with Crippen LogP contribution in [0.1, 0.15) is 31.5 Å². The van der Waals surface area contributed by atoms with Crippen molar-refractivity contribution in [3.05, 3.63) is 42.4 Å². The van der Waals surface area contributed by atoms with E-state index in [1.54, 1.807) is 26.3 Å². The first-order valence-electron chi connectivity index (χ1n) is 6.46. The molecular formula is C14H20N4O2. The van der Waals surface area contributed by atoms with Gasteiger partial charge in [0.05, 0.1) is 11.7 Å². The molecule has 0 aliphatic rings. The molecule has 0 saturated heterocycles. The van der Waals surface area contributed by atoms with Gasteiger partial charge < -0.3 is 20.0 Å². The second-order valence-corrected chi connectivity index (χ2v) is 5.47. The van der Waals surface area contributed by atoms with Gasteiger partial charge in [0.15, 0.2) is 0 Å². The third-order valence-corrected chi connectivity index (χ3v) is 3.36. The first-order chi connectivity index (χ1) is 9.42. The van der Waals surface area contributed by atoms with E-state index in [0.717, 1.165) is 11.6 Å². The Kier molecular flexibility index (Phi) is 3.94. The Labute approximate surface area is 118 Å². The molecule has 0 aliphatic carbocycles. The van der Waals surface area contributed by atoms with Gasteiger partial charge in [-0.05, 0) is 26.0 Å². The van der Waals surface area contributed by atoms with Crippen molar-refractivity contribution in [2.24, 2.45) is 18.2 Å². The predicted molar refractivity (Wildman–Crippen MR) is 74.7 cm³/mol. The van der Waals surface area contributed by atoms with Gasteiger partial charge in [-0.3, -0.25) is 4.79 Å². The maximum atomic E-state index is 11.4. The molecule has 2 aromatic rings. The molecule has 3 N–H and O–H groups in total. The number of carbonyl (C=O) groups excluding carboxylic acids is 1. The van der Waals surface area contributed by atoms with Gasteiger partial charge in [0, 0.05) is 26.0 Å². The smallest absolute Gasteiger partial charge is 0.224 e. The van der Waals surface area contributed by atoms with Crippen LogP contribution in [0.2, 0.25) is 0 Å². The summed E-state index contributed by atoms with van der Waals surface area (Å²) in [5, 5.41) is 3.31. The Morgan fingerprint density at radius 2 is 2.35 bits per heavy atom. The van der Waals surface area contributed by atoms with E-state index >= 15 is 0 Å². The van der Waals surface area contributed by atoms with Gasteiger partial charge in [-0.15, -0.1) is 0 Å². The maximum absolute atomic E-state index is 11.4.